The van der Waals surface area contributed by atoms with E-state index in [0.29, 0.717) is 41.1 Å². The predicted molar refractivity (Wildman–Crippen MR) is 169 cm³/mol. The molecule has 1 saturated heterocycles. The molecule has 6 rings (SSSR count). The number of fused-ring (bicyclic) bond motifs is 1. The number of ether oxygens (including phenoxy) is 3. The molecule has 9 nitrogen and oxygen atoms in total. The van der Waals surface area contributed by atoms with Gasteiger partial charge in [0, 0.05) is 43.0 Å². The van der Waals surface area contributed by atoms with Gasteiger partial charge in [-0.05, 0) is 78.9 Å². The number of amides is 1. The normalized spacial score (nSPS) is 13.0. The summed E-state index contributed by atoms with van der Waals surface area (Å²) in [4.78, 5) is 39.7. The van der Waals surface area contributed by atoms with Crippen LogP contribution in [-0.4, -0.2) is 73.7 Å². The van der Waals surface area contributed by atoms with Crippen LogP contribution in [0.5, 0.6) is 11.5 Å². The summed E-state index contributed by atoms with van der Waals surface area (Å²) in [5, 5.41) is 0. The fourth-order valence-electron chi connectivity index (χ4n) is 5.24. The summed E-state index contributed by atoms with van der Waals surface area (Å²) in [5.41, 5.74) is 5.65. The van der Waals surface area contributed by atoms with Crippen molar-refractivity contribution in [2.24, 2.45) is 0 Å². The van der Waals surface area contributed by atoms with Gasteiger partial charge in [-0.2, -0.15) is 0 Å². The number of para-hydroxylation sites is 1. The van der Waals surface area contributed by atoms with Gasteiger partial charge in [0.25, 0.3) is 5.91 Å². The number of nitrogens with zero attached hydrogens (tertiary/aromatic N) is 4. The van der Waals surface area contributed by atoms with E-state index in [0.717, 1.165) is 41.4 Å². The average Bonchev–Trinajstić information content (AvgIpc) is 3.10. The van der Waals surface area contributed by atoms with Crippen molar-refractivity contribution in [3.63, 3.8) is 0 Å². The third kappa shape index (κ3) is 6.17. The highest BCUT2D eigenvalue weighted by atomic mass is 16.5. The van der Waals surface area contributed by atoms with Crippen LogP contribution in [0, 0.1) is 0 Å². The Morgan fingerprint density at radius 1 is 0.682 bits per heavy atom. The molecule has 0 bridgehead atoms. The minimum Gasteiger partial charge on any atom is -0.497 e. The summed E-state index contributed by atoms with van der Waals surface area (Å²) in [6, 6.07) is 30.4. The van der Waals surface area contributed by atoms with E-state index < -0.39 is 5.97 Å². The Labute approximate surface area is 255 Å². The van der Waals surface area contributed by atoms with Crippen LogP contribution < -0.4 is 14.4 Å². The first-order valence-electron chi connectivity index (χ1n) is 14.4. The van der Waals surface area contributed by atoms with E-state index in [1.807, 2.05) is 66.7 Å². The lowest BCUT2D eigenvalue weighted by atomic mass is 10.0. The molecule has 0 spiro atoms. The van der Waals surface area contributed by atoms with Crippen LogP contribution in [-0.2, 0) is 9.53 Å². The molecular weight excluding hydrogens is 556 g/mol. The Morgan fingerprint density at radius 2 is 1.25 bits per heavy atom. The number of carbonyl (C=O) groups excluding carboxylic acids is 2. The summed E-state index contributed by atoms with van der Waals surface area (Å²) in [6.07, 6.45) is 0. The van der Waals surface area contributed by atoms with Gasteiger partial charge >= 0.3 is 5.97 Å². The largest absolute Gasteiger partial charge is 0.497 e. The average molecular weight is 589 g/mol. The highest BCUT2D eigenvalue weighted by molar-refractivity contribution is 5.96. The number of hydrogen-bond acceptors (Lipinski definition) is 8. The zero-order valence-corrected chi connectivity index (χ0v) is 24.6. The van der Waals surface area contributed by atoms with Crippen molar-refractivity contribution in [3.05, 3.63) is 103 Å². The first-order valence-corrected chi connectivity index (χ1v) is 14.4. The van der Waals surface area contributed by atoms with Crippen LogP contribution in [0.3, 0.4) is 0 Å². The molecule has 1 aliphatic rings. The summed E-state index contributed by atoms with van der Waals surface area (Å²) < 4.78 is 16.1. The fraction of sp³-hybridized carbons (Fsp3) is 0.200. The van der Waals surface area contributed by atoms with Crippen molar-refractivity contribution in [1.82, 2.24) is 14.9 Å². The number of piperazine rings is 1. The lowest BCUT2D eigenvalue weighted by molar-refractivity contribution is -0.134. The van der Waals surface area contributed by atoms with Crippen molar-refractivity contribution in [2.45, 2.75) is 0 Å². The Kier molecular flexibility index (Phi) is 8.36. The molecule has 9 heteroatoms. The van der Waals surface area contributed by atoms with Crippen molar-refractivity contribution < 1.29 is 23.8 Å². The maximum absolute atomic E-state index is 13.0. The summed E-state index contributed by atoms with van der Waals surface area (Å²) in [5.74, 6) is 0.670. The SMILES string of the molecule is COc1ccc(-c2nc3ccc(C(=O)OCC(=O)N4CCN(c5ccccc5)CC4)cc3nc2-c2ccc(OC)cc2)cc1. The predicted octanol–water partition coefficient (Wildman–Crippen LogP) is 5.49. The summed E-state index contributed by atoms with van der Waals surface area (Å²) >= 11 is 0. The van der Waals surface area contributed by atoms with Crippen LogP contribution in [0.15, 0.2) is 97.1 Å². The van der Waals surface area contributed by atoms with Crippen LogP contribution in [0.25, 0.3) is 33.5 Å². The lowest BCUT2D eigenvalue weighted by Gasteiger charge is -2.36. The van der Waals surface area contributed by atoms with Crippen molar-refractivity contribution in [1.29, 1.82) is 0 Å². The maximum atomic E-state index is 13.0. The van der Waals surface area contributed by atoms with Gasteiger partial charge in [0.05, 0.1) is 42.2 Å². The number of esters is 1. The van der Waals surface area contributed by atoms with E-state index >= 15 is 0 Å². The van der Waals surface area contributed by atoms with Crippen molar-refractivity contribution >= 4 is 28.6 Å². The van der Waals surface area contributed by atoms with E-state index in [2.05, 4.69) is 17.0 Å². The first kappa shape index (κ1) is 28.7. The molecule has 5 aromatic rings. The van der Waals surface area contributed by atoms with Gasteiger partial charge in [0.15, 0.2) is 6.61 Å². The molecule has 4 aromatic carbocycles. The number of carbonyl (C=O) groups is 2. The Bertz CT molecular complexity index is 1770. The van der Waals surface area contributed by atoms with Gasteiger partial charge in [-0.25, -0.2) is 14.8 Å². The van der Waals surface area contributed by atoms with Gasteiger partial charge < -0.3 is 24.0 Å². The zero-order valence-electron chi connectivity index (χ0n) is 24.6. The molecule has 1 aliphatic heterocycles. The van der Waals surface area contributed by atoms with Gasteiger partial charge in [-0.1, -0.05) is 18.2 Å². The van der Waals surface area contributed by atoms with Crippen molar-refractivity contribution in [3.8, 4) is 34.0 Å². The quantitative estimate of drug-likeness (QED) is 0.220. The summed E-state index contributed by atoms with van der Waals surface area (Å²) in [7, 11) is 3.24. The van der Waals surface area contributed by atoms with Crippen LogP contribution in [0.1, 0.15) is 10.4 Å². The Hall–Kier alpha value is -5.44. The van der Waals surface area contributed by atoms with Gasteiger partial charge in [-0.3, -0.25) is 4.79 Å². The monoisotopic (exact) mass is 588 g/mol. The number of aromatic nitrogens is 2. The number of hydrogen-bond donors (Lipinski definition) is 0. The first-order chi connectivity index (χ1) is 21.5. The smallest absolute Gasteiger partial charge is 0.338 e. The highest BCUT2D eigenvalue weighted by Gasteiger charge is 2.23. The minimum atomic E-state index is -0.588. The summed E-state index contributed by atoms with van der Waals surface area (Å²) in [6.45, 7) is 2.27. The molecule has 1 fully saturated rings. The second-order valence-electron chi connectivity index (χ2n) is 10.4. The number of methoxy groups -OCH3 is 2. The number of anilines is 1. The topological polar surface area (TPSA) is 94.1 Å². The second-order valence-corrected chi connectivity index (χ2v) is 10.4. The van der Waals surface area contributed by atoms with Gasteiger partial charge in [-0.15, -0.1) is 0 Å². The number of benzene rings is 4. The molecule has 2 heterocycles. The van der Waals surface area contributed by atoms with Gasteiger partial charge in [0.1, 0.15) is 11.5 Å². The molecule has 0 radical (unpaired) electrons. The second kappa shape index (κ2) is 12.8. The molecule has 0 saturated carbocycles. The highest BCUT2D eigenvalue weighted by Crippen LogP contribution is 2.33. The molecule has 0 N–H and O–H groups in total. The minimum absolute atomic E-state index is 0.211. The molecule has 44 heavy (non-hydrogen) atoms. The lowest BCUT2D eigenvalue weighted by Crippen LogP contribution is -2.49. The third-order valence-electron chi connectivity index (χ3n) is 7.71. The zero-order chi connectivity index (χ0) is 30.5. The number of rotatable bonds is 8. The van der Waals surface area contributed by atoms with E-state index in [4.69, 9.17) is 24.2 Å². The Morgan fingerprint density at radius 3 is 1.82 bits per heavy atom. The van der Waals surface area contributed by atoms with Crippen molar-refractivity contribution in [2.75, 3.05) is 51.9 Å². The molecule has 0 aliphatic carbocycles. The third-order valence-corrected chi connectivity index (χ3v) is 7.71. The molecule has 0 atom stereocenters. The molecular formula is C35H32N4O5. The van der Waals surface area contributed by atoms with E-state index in [1.54, 1.807) is 37.3 Å². The molecule has 222 valence electrons. The standard InChI is InChI=1S/C35H32N4O5/c1-42-28-13-8-24(9-14-28)33-34(25-10-15-29(43-2)16-11-25)37-31-22-26(12-17-30(31)36-33)35(41)44-23-32(40)39-20-18-38(19-21-39)27-6-4-3-5-7-27/h3-17,22H,18-21,23H2,1-2H3. The Balaban J connectivity index is 1.19. The molecule has 1 amide bonds. The maximum Gasteiger partial charge on any atom is 0.338 e. The van der Waals surface area contributed by atoms with Gasteiger partial charge in [0.2, 0.25) is 0 Å². The van der Waals surface area contributed by atoms with Crippen LogP contribution in [0.2, 0.25) is 0 Å². The molecule has 1 aromatic heterocycles. The van der Waals surface area contributed by atoms with E-state index in [-0.39, 0.29) is 12.5 Å². The van der Waals surface area contributed by atoms with E-state index in [1.165, 1.54) is 0 Å². The van der Waals surface area contributed by atoms with E-state index in [9.17, 15) is 9.59 Å². The van der Waals surface area contributed by atoms with Crippen LogP contribution in [0.4, 0.5) is 5.69 Å². The van der Waals surface area contributed by atoms with Crippen LogP contribution >= 0.6 is 0 Å². The fourth-order valence-corrected chi connectivity index (χ4v) is 5.24. The molecule has 0 unspecified atom stereocenters.